The smallest absolute Gasteiger partial charge is 0.251 e. The highest BCUT2D eigenvalue weighted by Crippen LogP contribution is 2.17. The van der Waals surface area contributed by atoms with Crippen LogP contribution in [0.5, 0.6) is 5.75 Å². The predicted molar refractivity (Wildman–Crippen MR) is 95.4 cm³/mol. The van der Waals surface area contributed by atoms with Crippen molar-refractivity contribution < 1.29 is 19.1 Å². The van der Waals surface area contributed by atoms with Crippen molar-refractivity contribution in [3.63, 3.8) is 0 Å². The Morgan fingerprint density at radius 3 is 2.80 bits per heavy atom. The highest BCUT2D eigenvalue weighted by molar-refractivity contribution is 7.99. The minimum atomic E-state index is -0.312. The molecule has 0 radical (unpaired) electrons. The zero-order valence-corrected chi connectivity index (χ0v) is 14.8. The van der Waals surface area contributed by atoms with Gasteiger partial charge in [-0.3, -0.25) is 9.59 Å². The lowest BCUT2D eigenvalue weighted by Crippen LogP contribution is -2.36. The Morgan fingerprint density at radius 2 is 2.08 bits per heavy atom. The molecule has 0 aliphatic carbocycles. The van der Waals surface area contributed by atoms with Crippen LogP contribution in [0.3, 0.4) is 0 Å². The van der Waals surface area contributed by atoms with Gasteiger partial charge in [-0.1, -0.05) is 6.07 Å². The number of carbonyl (C=O) groups is 2. The summed E-state index contributed by atoms with van der Waals surface area (Å²) in [7, 11) is 3.09. The van der Waals surface area contributed by atoms with Crippen LogP contribution in [0.2, 0.25) is 0 Å². The molecular weight excluding hydrogens is 342 g/mol. The van der Waals surface area contributed by atoms with Gasteiger partial charge in [0.15, 0.2) is 6.20 Å². The first kappa shape index (κ1) is 18.6. The summed E-state index contributed by atoms with van der Waals surface area (Å²) < 4.78 is 5.80. The summed E-state index contributed by atoms with van der Waals surface area (Å²) in [5.74, 6) is 0.157. The van der Waals surface area contributed by atoms with Crippen molar-refractivity contribution in [3.8, 4) is 5.75 Å². The zero-order chi connectivity index (χ0) is 18.2. The number of likely N-dealkylation sites (N-methyl/N-ethyl adjacent to an activating group) is 1. The first-order chi connectivity index (χ1) is 12.0. The number of methoxy groups -OCH3 is 1. The lowest BCUT2D eigenvalue weighted by atomic mass is 10.3. The molecule has 132 valence electrons. The van der Waals surface area contributed by atoms with E-state index in [-0.39, 0.29) is 24.1 Å². The van der Waals surface area contributed by atoms with E-state index in [1.54, 1.807) is 56.6 Å². The third-order valence-electron chi connectivity index (χ3n) is 3.29. The molecule has 0 saturated heterocycles. The fraction of sp³-hybridized carbons (Fsp3) is 0.235. The van der Waals surface area contributed by atoms with Crippen molar-refractivity contribution in [2.75, 3.05) is 31.8 Å². The number of benzene rings is 1. The number of amides is 2. The number of anilines is 1. The van der Waals surface area contributed by atoms with E-state index in [4.69, 9.17) is 4.74 Å². The number of rotatable bonds is 7. The molecule has 0 aliphatic heterocycles. The molecule has 1 aromatic carbocycles. The topological polar surface area (TPSA) is 85.6 Å². The minimum absolute atomic E-state index is 0.0786. The van der Waals surface area contributed by atoms with Crippen LogP contribution < -0.4 is 14.8 Å². The van der Waals surface area contributed by atoms with Crippen LogP contribution in [0.4, 0.5) is 5.69 Å². The van der Waals surface area contributed by atoms with Gasteiger partial charge in [-0.05, 0) is 30.0 Å². The molecule has 0 aliphatic rings. The van der Waals surface area contributed by atoms with Gasteiger partial charge in [0.25, 0.3) is 5.03 Å². The molecule has 0 fully saturated rings. The fourth-order valence-electron chi connectivity index (χ4n) is 1.98. The lowest BCUT2D eigenvalue weighted by molar-refractivity contribution is -0.645. The van der Waals surface area contributed by atoms with Gasteiger partial charge in [0.1, 0.15) is 5.75 Å². The molecular formula is C17H19N3O4S. The van der Waals surface area contributed by atoms with E-state index < -0.39 is 0 Å². The van der Waals surface area contributed by atoms with Crippen molar-refractivity contribution >= 4 is 29.3 Å². The second-order valence-electron chi connectivity index (χ2n) is 5.18. The summed E-state index contributed by atoms with van der Waals surface area (Å²) in [5.41, 5.74) is 0.594. The molecule has 0 bridgehead atoms. The number of nitrogens with zero attached hydrogens (tertiary/aromatic N) is 2. The van der Waals surface area contributed by atoms with E-state index in [1.807, 2.05) is 0 Å². The monoisotopic (exact) mass is 361 g/mol. The Hall–Kier alpha value is -2.74. The second kappa shape index (κ2) is 8.93. The van der Waals surface area contributed by atoms with Gasteiger partial charge in [0, 0.05) is 30.9 Å². The average molecular weight is 361 g/mol. The van der Waals surface area contributed by atoms with Crippen LogP contribution in [0, 0.1) is 5.21 Å². The van der Waals surface area contributed by atoms with Gasteiger partial charge in [-0.15, -0.1) is 0 Å². The Labute approximate surface area is 150 Å². The maximum absolute atomic E-state index is 12.1. The average Bonchev–Trinajstić information content (AvgIpc) is 2.60. The first-order valence-electron chi connectivity index (χ1n) is 7.48. The van der Waals surface area contributed by atoms with Crippen molar-refractivity contribution in [1.29, 1.82) is 0 Å². The number of nitrogens with one attached hydrogen (secondary N) is 1. The van der Waals surface area contributed by atoms with Crippen molar-refractivity contribution in [2.45, 2.75) is 5.03 Å². The van der Waals surface area contributed by atoms with Gasteiger partial charge >= 0.3 is 0 Å². The summed E-state index contributed by atoms with van der Waals surface area (Å²) in [6.07, 6.45) is 1.37. The van der Waals surface area contributed by atoms with Crippen LogP contribution in [0.15, 0.2) is 53.7 Å². The first-order valence-corrected chi connectivity index (χ1v) is 8.47. The lowest BCUT2D eigenvalue weighted by Gasteiger charge is -2.16. The van der Waals surface area contributed by atoms with Gasteiger partial charge in [-0.25, -0.2) is 0 Å². The Bertz CT molecular complexity index is 754. The van der Waals surface area contributed by atoms with Crippen LogP contribution in [-0.4, -0.2) is 43.2 Å². The normalized spacial score (nSPS) is 10.2. The van der Waals surface area contributed by atoms with Crippen LogP contribution in [-0.2, 0) is 9.59 Å². The summed E-state index contributed by atoms with van der Waals surface area (Å²) in [6.45, 7) is -0.0806. The van der Waals surface area contributed by atoms with E-state index in [0.29, 0.717) is 21.2 Å². The number of hydrogen-bond acceptors (Lipinski definition) is 5. The SMILES string of the molecule is COc1cccc(NC(=O)CN(C)C(=O)CSc2cccc[n+]2[O-])c1. The van der Waals surface area contributed by atoms with Crippen molar-refractivity contribution in [1.82, 2.24) is 4.90 Å². The maximum atomic E-state index is 12.1. The Kier molecular flexibility index (Phi) is 6.64. The third-order valence-corrected chi connectivity index (χ3v) is 4.30. The molecule has 1 aromatic heterocycles. The number of ether oxygens (including phenoxy) is 1. The minimum Gasteiger partial charge on any atom is -0.618 e. The van der Waals surface area contributed by atoms with E-state index in [2.05, 4.69) is 5.32 Å². The third kappa shape index (κ3) is 5.68. The maximum Gasteiger partial charge on any atom is 0.251 e. The number of hydrogen-bond donors (Lipinski definition) is 1. The van der Waals surface area contributed by atoms with Gasteiger partial charge in [0.2, 0.25) is 11.8 Å². The molecule has 2 aromatic rings. The van der Waals surface area contributed by atoms with E-state index in [0.717, 1.165) is 11.8 Å². The van der Waals surface area contributed by atoms with Crippen molar-refractivity contribution in [3.05, 3.63) is 53.9 Å². The number of aromatic nitrogens is 1. The zero-order valence-electron chi connectivity index (χ0n) is 14.0. The summed E-state index contributed by atoms with van der Waals surface area (Å²) >= 11 is 1.13. The summed E-state index contributed by atoms with van der Waals surface area (Å²) in [5, 5.41) is 14.7. The van der Waals surface area contributed by atoms with Crippen LogP contribution in [0.25, 0.3) is 0 Å². The van der Waals surface area contributed by atoms with Crippen LogP contribution in [0.1, 0.15) is 0 Å². The number of pyridine rings is 1. The fourth-order valence-corrected chi connectivity index (χ4v) is 2.83. The van der Waals surface area contributed by atoms with Gasteiger partial charge < -0.3 is 20.2 Å². The second-order valence-corrected chi connectivity index (χ2v) is 6.18. The molecule has 2 amide bonds. The van der Waals surface area contributed by atoms with E-state index in [9.17, 15) is 14.8 Å². The Morgan fingerprint density at radius 1 is 1.28 bits per heavy atom. The predicted octanol–water partition coefficient (Wildman–Crippen LogP) is 1.52. The molecule has 0 spiro atoms. The van der Waals surface area contributed by atoms with Gasteiger partial charge in [-0.2, -0.15) is 4.73 Å². The molecule has 1 heterocycles. The van der Waals surface area contributed by atoms with Crippen molar-refractivity contribution in [2.24, 2.45) is 0 Å². The van der Waals surface area contributed by atoms with Crippen LogP contribution >= 0.6 is 11.8 Å². The molecule has 0 saturated carbocycles. The molecule has 0 unspecified atom stereocenters. The molecule has 8 heteroatoms. The standard InChI is InChI=1S/C17H19N3O4S/c1-19(16(22)12-25-17-8-3-4-9-20(17)23)11-15(21)18-13-6-5-7-14(10-13)24-2/h3-10H,11-12H2,1-2H3,(H,18,21). The molecule has 7 nitrogen and oxygen atoms in total. The quantitative estimate of drug-likeness (QED) is 0.459. The number of carbonyl (C=O) groups excluding carboxylic acids is 2. The molecule has 0 atom stereocenters. The summed E-state index contributed by atoms with van der Waals surface area (Å²) in [4.78, 5) is 25.5. The number of thioether (sulfide) groups is 1. The van der Waals surface area contributed by atoms with Gasteiger partial charge in [0.05, 0.1) is 19.4 Å². The van der Waals surface area contributed by atoms with E-state index >= 15 is 0 Å². The highest BCUT2D eigenvalue weighted by Gasteiger charge is 2.15. The molecule has 2 rings (SSSR count). The highest BCUT2D eigenvalue weighted by atomic mass is 32.2. The Balaban J connectivity index is 1.83. The largest absolute Gasteiger partial charge is 0.618 e. The molecule has 25 heavy (non-hydrogen) atoms. The molecule has 1 N–H and O–H groups in total. The van der Waals surface area contributed by atoms with E-state index in [1.165, 1.54) is 11.1 Å². The summed E-state index contributed by atoms with van der Waals surface area (Å²) in [6, 6.07) is 12.0.